The van der Waals surface area contributed by atoms with E-state index < -0.39 is 0 Å². The van der Waals surface area contributed by atoms with Gasteiger partial charge in [-0.2, -0.15) is 11.3 Å². The lowest BCUT2D eigenvalue weighted by Crippen LogP contribution is -2.36. The van der Waals surface area contributed by atoms with E-state index in [1.165, 1.54) is 17.7 Å². The number of nitrogens with one attached hydrogen (secondary N) is 2. The standard InChI is InChI=1S/C14H15BrFN3S/c1-17-14(18-7-10-2-3-20-9-10)19-8-11-4-12(15)6-13(16)5-11/h2-6,9H,7-8H2,1H3,(H2,17,18,19). The van der Waals surface area contributed by atoms with Crippen molar-refractivity contribution in [3.63, 3.8) is 0 Å². The van der Waals surface area contributed by atoms with Crippen molar-refractivity contribution in [2.24, 2.45) is 4.99 Å². The molecule has 1 aromatic heterocycles. The lowest BCUT2D eigenvalue weighted by atomic mass is 10.2. The average Bonchev–Trinajstić information content (AvgIpc) is 2.91. The molecule has 2 aromatic rings. The minimum Gasteiger partial charge on any atom is -0.352 e. The number of hydrogen-bond donors (Lipinski definition) is 2. The van der Waals surface area contributed by atoms with Gasteiger partial charge in [0.1, 0.15) is 5.82 Å². The van der Waals surface area contributed by atoms with Crippen molar-refractivity contribution in [3.8, 4) is 0 Å². The Labute approximate surface area is 130 Å². The number of benzene rings is 1. The normalized spacial score (nSPS) is 11.4. The van der Waals surface area contributed by atoms with Crippen molar-refractivity contribution in [3.05, 3.63) is 56.4 Å². The number of aliphatic imine (C=N–C) groups is 1. The third-order valence-corrected chi connectivity index (χ3v) is 3.84. The minimum absolute atomic E-state index is 0.252. The lowest BCUT2D eigenvalue weighted by molar-refractivity contribution is 0.623. The van der Waals surface area contributed by atoms with Gasteiger partial charge in [0, 0.05) is 24.6 Å². The summed E-state index contributed by atoms with van der Waals surface area (Å²) in [5.74, 6) is 0.439. The zero-order valence-electron chi connectivity index (χ0n) is 11.0. The van der Waals surface area contributed by atoms with Crippen LogP contribution in [0, 0.1) is 5.82 Å². The molecular formula is C14H15BrFN3S. The second-order valence-electron chi connectivity index (χ2n) is 4.19. The summed E-state index contributed by atoms with van der Waals surface area (Å²) < 4.78 is 14.0. The van der Waals surface area contributed by atoms with E-state index in [9.17, 15) is 4.39 Å². The molecule has 0 aliphatic heterocycles. The second-order valence-corrected chi connectivity index (χ2v) is 5.88. The minimum atomic E-state index is -0.252. The maximum absolute atomic E-state index is 13.3. The Bertz CT molecular complexity index is 564. The summed E-state index contributed by atoms with van der Waals surface area (Å²) in [5.41, 5.74) is 2.07. The van der Waals surface area contributed by atoms with Crippen LogP contribution in [0.25, 0.3) is 0 Å². The molecule has 2 rings (SSSR count). The van der Waals surface area contributed by atoms with Gasteiger partial charge < -0.3 is 10.6 Å². The SMILES string of the molecule is CN=C(NCc1ccsc1)NCc1cc(F)cc(Br)c1. The fourth-order valence-corrected chi connectivity index (χ4v) is 2.88. The van der Waals surface area contributed by atoms with E-state index in [1.807, 2.05) is 11.4 Å². The first-order valence-corrected chi connectivity index (χ1v) is 7.81. The molecule has 0 aliphatic carbocycles. The maximum atomic E-state index is 13.3. The van der Waals surface area contributed by atoms with E-state index in [1.54, 1.807) is 18.4 Å². The second kappa shape index (κ2) is 7.40. The summed E-state index contributed by atoms with van der Waals surface area (Å²) in [7, 11) is 1.71. The van der Waals surface area contributed by atoms with Gasteiger partial charge in [0.2, 0.25) is 0 Å². The summed E-state index contributed by atoms with van der Waals surface area (Å²) in [6.45, 7) is 1.23. The van der Waals surface area contributed by atoms with Gasteiger partial charge in [-0.25, -0.2) is 4.39 Å². The predicted octanol–water partition coefficient (Wildman–Crippen LogP) is 3.51. The molecule has 1 heterocycles. The van der Waals surface area contributed by atoms with Crippen molar-refractivity contribution < 1.29 is 4.39 Å². The lowest BCUT2D eigenvalue weighted by Gasteiger charge is -2.11. The molecule has 0 spiro atoms. The van der Waals surface area contributed by atoms with Gasteiger partial charge in [0.25, 0.3) is 0 Å². The van der Waals surface area contributed by atoms with Gasteiger partial charge in [-0.15, -0.1) is 0 Å². The van der Waals surface area contributed by atoms with E-state index in [0.29, 0.717) is 12.5 Å². The van der Waals surface area contributed by atoms with E-state index >= 15 is 0 Å². The third-order valence-electron chi connectivity index (χ3n) is 2.65. The monoisotopic (exact) mass is 355 g/mol. The highest BCUT2D eigenvalue weighted by molar-refractivity contribution is 9.10. The van der Waals surface area contributed by atoms with Crippen molar-refractivity contribution in [1.29, 1.82) is 0 Å². The predicted molar refractivity (Wildman–Crippen MR) is 85.5 cm³/mol. The van der Waals surface area contributed by atoms with Crippen molar-refractivity contribution in [1.82, 2.24) is 10.6 Å². The molecule has 2 N–H and O–H groups in total. The zero-order chi connectivity index (χ0) is 14.4. The number of halogens is 2. The van der Waals surface area contributed by atoms with Crippen LogP contribution in [0.4, 0.5) is 4.39 Å². The Morgan fingerprint density at radius 1 is 1.25 bits per heavy atom. The molecule has 6 heteroatoms. The largest absolute Gasteiger partial charge is 0.352 e. The van der Waals surface area contributed by atoms with Crippen LogP contribution in [0.15, 0.2) is 44.5 Å². The molecule has 0 atom stereocenters. The van der Waals surface area contributed by atoms with E-state index in [-0.39, 0.29) is 5.82 Å². The van der Waals surface area contributed by atoms with Crippen LogP contribution in [0.5, 0.6) is 0 Å². The molecule has 20 heavy (non-hydrogen) atoms. The van der Waals surface area contributed by atoms with Crippen LogP contribution < -0.4 is 10.6 Å². The molecule has 0 bridgehead atoms. The van der Waals surface area contributed by atoms with Crippen LogP contribution in [0.2, 0.25) is 0 Å². The first kappa shape index (κ1) is 15.0. The summed E-state index contributed by atoms with van der Waals surface area (Å²) in [5, 5.41) is 10.5. The summed E-state index contributed by atoms with van der Waals surface area (Å²) in [6.07, 6.45) is 0. The molecule has 0 fully saturated rings. The summed E-state index contributed by atoms with van der Waals surface area (Å²) in [6, 6.07) is 6.88. The fraction of sp³-hybridized carbons (Fsp3) is 0.214. The topological polar surface area (TPSA) is 36.4 Å². The smallest absolute Gasteiger partial charge is 0.191 e. The number of rotatable bonds is 4. The van der Waals surface area contributed by atoms with Gasteiger partial charge in [-0.3, -0.25) is 4.99 Å². The quantitative estimate of drug-likeness (QED) is 0.650. The first-order chi connectivity index (χ1) is 9.67. The highest BCUT2D eigenvalue weighted by Gasteiger charge is 2.02. The van der Waals surface area contributed by atoms with Crippen LogP contribution in [0.1, 0.15) is 11.1 Å². The van der Waals surface area contributed by atoms with Gasteiger partial charge in [-0.05, 0) is 46.2 Å². The van der Waals surface area contributed by atoms with Crippen LogP contribution in [0.3, 0.4) is 0 Å². The Morgan fingerprint density at radius 2 is 2.00 bits per heavy atom. The molecular weight excluding hydrogens is 341 g/mol. The van der Waals surface area contributed by atoms with Crippen LogP contribution in [-0.4, -0.2) is 13.0 Å². The molecule has 3 nitrogen and oxygen atoms in total. The molecule has 0 saturated carbocycles. The van der Waals surface area contributed by atoms with Gasteiger partial charge in [0.05, 0.1) is 0 Å². The van der Waals surface area contributed by atoms with Gasteiger partial charge >= 0.3 is 0 Å². The Balaban J connectivity index is 1.87. The van der Waals surface area contributed by atoms with Crippen molar-refractivity contribution in [2.75, 3.05) is 7.05 Å². The van der Waals surface area contributed by atoms with Gasteiger partial charge in [-0.1, -0.05) is 15.9 Å². The van der Waals surface area contributed by atoms with E-state index in [2.05, 4.69) is 43.0 Å². The molecule has 0 radical (unpaired) electrons. The molecule has 1 aromatic carbocycles. The zero-order valence-corrected chi connectivity index (χ0v) is 13.4. The summed E-state index contributed by atoms with van der Waals surface area (Å²) in [4.78, 5) is 4.14. The molecule has 0 amide bonds. The van der Waals surface area contributed by atoms with Gasteiger partial charge in [0.15, 0.2) is 5.96 Å². The molecule has 0 aliphatic rings. The van der Waals surface area contributed by atoms with E-state index in [4.69, 9.17) is 0 Å². The first-order valence-electron chi connectivity index (χ1n) is 6.08. The Kier molecular flexibility index (Phi) is 5.55. The maximum Gasteiger partial charge on any atom is 0.191 e. The molecule has 0 unspecified atom stereocenters. The fourth-order valence-electron chi connectivity index (χ4n) is 1.70. The Hall–Kier alpha value is -1.40. The molecule has 106 valence electrons. The number of nitrogens with zero attached hydrogens (tertiary/aromatic N) is 1. The third kappa shape index (κ3) is 4.61. The number of guanidine groups is 1. The van der Waals surface area contributed by atoms with Crippen molar-refractivity contribution in [2.45, 2.75) is 13.1 Å². The highest BCUT2D eigenvalue weighted by atomic mass is 79.9. The highest BCUT2D eigenvalue weighted by Crippen LogP contribution is 2.14. The number of hydrogen-bond acceptors (Lipinski definition) is 2. The number of thiophene rings is 1. The van der Waals surface area contributed by atoms with Crippen LogP contribution in [-0.2, 0) is 13.1 Å². The summed E-state index contributed by atoms with van der Waals surface area (Å²) >= 11 is 4.95. The van der Waals surface area contributed by atoms with Crippen molar-refractivity contribution >= 4 is 33.2 Å². The van der Waals surface area contributed by atoms with E-state index in [0.717, 1.165) is 16.6 Å². The molecule has 0 saturated heterocycles. The Morgan fingerprint density at radius 3 is 2.60 bits per heavy atom. The van der Waals surface area contributed by atoms with Crippen LogP contribution >= 0.6 is 27.3 Å². The average molecular weight is 356 g/mol.